The van der Waals surface area contributed by atoms with Gasteiger partial charge in [0.1, 0.15) is 5.82 Å². The van der Waals surface area contributed by atoms with E-state index >= 15 is 0 Å². The number of benzene rings is 2. The summed E-state index contributed by atoms with van der Waals surface area (Å²) in [4.78, 5) is 12.3. The summed E-state index contributed by atoms with van der Waals surface area (Å²) in [5.41, 5.74) is 2.38. The van der Waals surface area contributed by atoms with Crippen LogP contribution in [0.4, 0.5) is 10.1 Å². The summed E-state index contributed by atoms with van der Waals surface area (Å²) in [6.45, 7) is 3.72. The van der Waals surface area contributed by atoms with Crippen molar-refractivity contribution in [1.29, 1.82) is 0 Å². The Labute approximate surface area is 154 Å². The van der Waals surface area contributed by atoms with Crippen LogP contribution in [0.3, 0.4) is 0 Å². The number of nitrogens with two attached hydrogens (primary N) is 1. The first-order chi connectivity index (χ1) is 12.4. The van der Waals surface area contributed by atoms with Gasteiger partial charge >= 0.3 is 0 Å². The summed E-state index contributed by atoms with van der Waals surface area (Å²) in [5, 5.41) is 10.8. The predicted octanol–water partition coefficient (Wildman–Crippen LogP) is 3.23. The number of carbonyl (C=O) groups excluding carboxylic acids is 1. The van der Waals surface area contributed by atoms with E-state index in [2.05, 4.69) is 15.5 Å². The van der Waals surface area contributed by atoms with Crippen LogP contribution in [0.15, 0.2) is 53.7 Å². The van der Waals surface area contributed by atoms with Gasteiger partial charge in [0, 0.05) is 11.3 Å². The maximum Gasteiger partial charge on any atom is 0.237 e. The number of rotatable bonds is 5. The number of carbonyl (C=O) groups is 1. The van der Waals surface area contributed by atoms with Crippen LogP contribution in [0.2, 0.25) is 0 Å². The average Bonchev–Trinajstić information content (AvgIpc) is 2.96. The summed E-state index contributed by atoms with van der Waals surface area (Å²) >= 11 is 1.18. The third-order valence-corrected chi connectivity index (χ3v) is 4.77. The number of amides is 1. The highest BCUT2D eigenvalue weighted by atomic mass is 32.2. The standard InChI is InChI=1S/C18H18FN5OS/c1-11-6-8-13(9-7-11)16-22-23-18(24(16)20)26-12(2)17(25)21-15-5-3-4-14(19)10-15/h3-10,12H,20H2,1-2H3,(H,21,25)/t12-/m1/s1. The fourth-order valence-electron chi connectivity index (χ4n) is 2.28. The van der Waals surface area contributed by atoms with Crippen molar-refractivity contribution in [2.75, 3.05) is 11.2 Å². The molecule has 0 aliphatic carbocycles. The molecule has 134 valence electrons. The van der Waals surface area contributed by atoms with Crippen LogP contribution in [0, 0.1) is 12.7 Å². The molecule has 1 atom stereocenters. The number of aryl methyl sites for hydroxylation is 1. The van der Waals surface area contributed by atoms with Gasteiger partial charge in [0.25, 0.3) is 0 Å². The van der Waals surface area contributed by atoms with E-state index < -0.39 is 11.1 Å². The highest BCUT2D eigenvalue weighted by Crippen LogP contribution is 2.25. The van der Waals surface area contributed by atoms with E-state index in [-0.39, 0.29) is 5.91 Å². The van der Waals surface area contributed by atoms with Crippen molar-refractivity contribution in [2.24, 2.45) is 0 Å². The number of nitrogen functional groups attached to an aromatic ring is 1. The first-order valence-electron chi connectivity index (χ1n) is 7.94. The van der Waals surface area contributed by atoms with Gasteiger partial charge in [-0.05, 0) is 32.0 Å². The van der Waals surface area contributed by atoms with Crippen molar-refractivity contribution in [3.8, 4) is 11.4 Å². The molecule has 1 amide bonds. The number of halogens is 1. The van der Waals surface area contributed by atoms with E-state index in [9.17, 15) is 9.18 Å². The van der Waals surface area contributed by atoms with E-state index in [0.717, 1.165) is 11.1 Å². The molecule has 0 saturated carbocycles. The van der Waals surface area contributed by atoms with Gasteiger partial charge < -0.3 is 11.2 Å². The molecule has 0 spiro atoms. The Morgan fingerprint density at radius 3 is 2.65 bits per heavy atom. The number of anilines is 1. The second kappa shape index (κ2) is 7.57. The largest absolute Gasteiger partial charge is 0.335 e. The smallest absolute Gasteiger partial charge is 0.237 e. The Bertz CT molecular complexity index is 926. The lowest BCUT2D eigenvalue weighted by Gasteiger charge is -2.11. The summed E-state index contributed by atoms with van der Waals surface area (Å²) in [6, 6.07) is 13.5. The van der Waals surface area contributed by atoms with Crippen LogP contribution in [0.5, 0.6) is 0 Å². The minimum atomic E-state index is -0.490. The molecular formula is C18H18FN5OS. The Morgan fingerprint density at radius 1 is 1.23 bits per heavy atom. The summed E-state index contributed by atoms with van der Waals surface area (Å²) in [6.07, 6.45) is 0. The Kier molecular flexibility index (Phi) is 5.22. The van der Waals surface area contributed by atoms with Crippen LogP contribution in [0.25, 0.3) is 11.4 Å². The lowest BCUT2D eigenvalue weighted by molar-refractivity contribution is -0.115. The fourth-order valence-corrected chi connectivity index (χ4v) is 3.05. The van der Waals surface area contributed by atoms with E-state index in [1.807, 2.05) is 31.2 Å². The average molecular weight is 371 g/mol. The molecular weight excluding hydrogens is 353 g/mol. The second-order valence-electron chi connectivity index (χ2n) is 5.80. The lowest BCUT2D eigenvalue weighted by Crippen LogP contribution is -2.23. The zero-order chi connectivity index (χ0) is 18.7. The van der Waals surface area contributed by atoms with E-state index in [1.54, 1.807) is 13.0 Å². The number of hydrogen-bond donors (Lipinski definition) is 2. The van der Waals surface area contributed by atoms with Gasteiger partial charge in [-0.25, -0.2) is 9.07 Å². The molecule has 3 rings (SSSR count). The minimum Gasteiger partial charge on any atom is -0.335 e. The summed E-state index contributed by atoms with van der Waals surface area (Å²) < 4.78 is 14.6. The maximum atomic E-state index is 13.2. The first kappa shape index (κ1) is 17.9. The monoisotopic (exact) mass is 371 g/mol. The molecule has 0 aliphatic heterocycles. The second-order valence-corrected chi connectivity index (χ2v) is 7.11. The van der Waals surface area contributed by atoms with Gasteiger partial charge in [0.2, 0.25) is 11.1 Å². The Morgan fingerprint density at radius 2 is 1.96 bits per heavy atom. The van der Waals surface area contributed by atoms with Crippen LogP contribution in [-0.2, 0) is 4.79 Å². The molecule has 0 saturated heterocycles. The zero-order valence-corrected chi connectivity index (χ0v) is 15.1. The number of nitrogens with zero attached hydrogens (tertiary/aromatic N) is 3. The molecule has 0 bridgehead atoms. The molecule has 2 aromatic carbocycles. The van der Waals surface area contributed by atoms with Crippen LogP contribution >= 0.6 is 11.8 Å². The van der Waals surface area contributed by atoms with Crippen LogP contribution in [-0.4, -0.2) is 26.0 Å². The highest BCUT2D eigenvalue weighted by molar-refractivity contribution is 8.00. The predicted molar refractivity (Wildman–Crippen MR) is 101 cm³/mol. The van der Waals surface area contributed by atoms with Crippen LogP contribution < -0.4 is 11.2 Å². The maximum absolute atomic E-state index is 13.2. The molecule has 26 heavy (non-hydrogen) atoms. The molecule has 0 aliphatic rings. The first-order valence-corrected chi connectivity index (χ1v) is 8.82. The molecule has 8 heteroatoms. The van der Waals surface area contributed by atoms with Gasteiger partial charge in [-0.15, -0.1) is 10.2 Å². The molecule has 0 radical (unpaired) electrons. The Balaban J connectivity index is 1.70. The minimum absolute atomic E-state index is 0.277. The van der Waals surface area contributed by atoms with Gasteiger partial charge in [-0.1, -0.05) is 47.7 Å². The van der Waals surface area contributed by atoms with E-state index in [4.69, 9.17) is 5.84 Å². The van der Waals surface area contributed by atoms with Crippen molar-refractivity contribution in [3.05, 3.63) is 59.9 Å². The lowest BCUT2D eigenvalue weighted by atomic mass is 10.1. The summed E-state index contributed by atoms with van der Waals surface area (Å²) in [7, 11) is 0. The molecule has 3 aromatic rings. The van der Waals surface area contributed by atoms with Gasteiger partial charge in [0.15, 0.2) is 5.82 Å². The molecule has 3 N–H and O–H groups in total. The Hall–Kier alpha value is -2.87. The number of hydrogen-bond acceptors (Lipinski definition) is 5. The van der Waals surface area contributed by atoms with Crippen LogP contribution in [0.1, 0.15) is 12.5 Å². The molecule has 0 unspecified atom stereocenters. The SMILES string of the molecule is Cc1ccc(-c2nnc(S[C@H](C)C(=O)Nc3cccc(F)c3)n2N)cc1. The topological polar surface area (TPSA) is 85.8 Å². The number of aromatic nitrogens is 3. The summed E-state index contributed by atoms with van der Waals surface area (Å²) in [5.74, 6) is 5.92. The molecule has 0 fully saturated rings. The van der Waals surface area contributed by atoms with E-state index in [1.165, 1.54) is 34.6 Å². The van der Waals surface area contributed by atoms with Crippen molar-refractivity contribution in [1.82, 2.24) is 14.9 Å². The normalized spacial score (nSPS) is 12.0. The number of thioether (sulfide) groups is 1. The fraction of sp³-hybridized carbons (Fsp3) is 0.167. The quantitative estimate of drug-likeness (QED) is 0.531. The van der Waals surface area contributed by atoms with Gasteiger partial charge in [-0.3, -0.25) is 4.79 Å². The third-order valence-electron chi connectivity index (χ3n) is 3.72. The highest BCUT2D eigenvalue weighted by Gasteiger charge is 2.20. The van der Waals surface area contributed by atoms with Gasteiger partial charge in [0.05, 0.1) is 5.25 Å². The third kappa shape index (κ3) is 4.02. The van der Waals surface area contributed by atoms with Crippen molar-refractivity contribution >= 4 is 23.4 Å². The number of nitrogens with one attached hydrogen (secondary N) is 1. The van der Waals surface area contributed by atoms with Crippen molar-refractivity contribution in [2.45, 2.75) is 24.3 Å². The van der Waals surface area contributed by atoms with E-state index in [0.29, 0.717) is 16.7 Å². The molecule has 1 aromatic heterocycles. The van der Waals surface area contributed by atoms with Crippen molar-refractivity contribution < 1.29 is 9.18 Å². The zero-order valence-electron chi connectivity index (χ0n) is 14.3. The molecule has 1 heterocycles. The van der Waals surface area contributed by atoms with Crippen molar-refractivity contribution in [3.63, 3.8) is 0 Å². The van der Waals surface area contributed by atoms with Gasteiger partial charge in [-0.2, -0.15) is 0 Å². The molecule has 6 nitrogen and oxygen atoms in total.